The molecule has 5 nitrogen and oxygen atoms in total. The maximum Gasteiger partial charge on any atom is 0.206 e. The molecule has 0 bridgehead atoms. The number of aryl methyl sites for hydroxylation is 1. The first kappa shape index (κ1) is 38.7. The van der Waals surface area contributed by atoms with E-state index in [9.17, 15) is 8.42 Å². The largest absolute Gasteiger partial charge is 0.494 e. The molecule has 8 rings (SSSR count). The molecule has 1 heterocycles. The molecule has 0 fully saturated rings. The van der Waals surface area contributed by atoms with Gasteiger partial charge in [0.15, 0.2) is 0 Å². The van der Waals surface area contributed by atoms with E-state index in [0.717, 1.165) is 72.5 Å². The Kier molecular flexibility index (Phi) is 11.7. The molecule has 0 unspecified atom stereocenters. The number of hydrogen-bond acceptors (Lipinski definition) is 5. The minimum atomic E-state index is -3.76. The zero-order valence-corrected chi connectivity index (χ0v) is 33.8. The number of nitrogens with zero attached hydrogens (tertiary/aromatic N) is 1. The van der Waals surface area contributed by atoms with Crippen molar-refractivity contribution >= 4 is 26.9 Å². The smallest absolute Gasteiger partial charge is 0.206 e. The zero-order valence-electron chi connectivity index (χ0n) is 33.0. The molecule has 1 aliphatic heterocycles. The number of anilines is 3. The van der Waals surface area contributed by atoms with E-state index < -0.39 is 15.3 Å². The standard InChI is InChI=1S/C52H49NO4S/c1-2-17-40-26-30-44(31-27-40)56-38-15-3-4-16-39-57-45-32-36-47(37-33-45)58(54,55)46-34-28-43(29-35-46)53-50-24-13-11-22-48(50)52(41-18-7-5-8-19-41,42-20-9-6-10-21-42)49-23-12-14-25-51(49)53/h5-14,18-37H,2-4,15-17,38-39H2,1H3. The Hall–Kier alpha value is -6.11. The van der Waals surface area contributed by atoms with Gasteiger partial charge in [0, 0.05) is 5.69 Å². The molecule has 292 valence electrons. The lowest BCUT2D eigenvalue weighted by Gasteiger charge is -2.46. The third-order valence-corrected chi connectivity index (χ3v) is 12.9. The van der Waals surface area contributed by atoms with E-state index in [1.807, 2.05) is 12.1 Å². The molecule has 1 aliphatic rings. The summed E-state index contributed by atoms with van der Waals surface area (Å²) >= 11 is 0. The van der Waals surface area contributed by atoms with Gasteiger partial charge in [-0.05, 0) is 133 Å². The van der Waals surface area contributed by atoms with Crippen LogP contribution in [-0.4, -0.2) is 21.6 Å². The maximum absolute atomic E-state index is 13.9. The molecular weight excluding hydrogens is 735 g/mol. The third kappa shape index (κ3) is 7.77. The Labute approximate surface area is 343 Å². The molecule has 7 aromatic carbocycles. The van der Waals surface area contributed by atoms with Crippen LogP contribution in [0.3, 0.4) is 0 Å². The summed E-state index contributed by atoms with van der Waals surface area (Å²) in [5.74, 6) is 1.59. The van der Waals surface area contributed by atoms with Gasteiger partial charge < -0.3 is 14.4 Å². The molecule has 0 aromatic heterocycles. The molecule has 0 saturated heterocycles. The number of ether oxygens (including phenoxy) is 2. The van der Waals surface area contributed by atoms with Crippen LogP contribution < -0.4 is 14.4 Å². The number of sulfone groups is 1. The van der Waals surface area contributed by atoms with E-state index in [4.69, 9.17) is 9.47 Å². The third-order valence-electron chi connectivity index (χ3n) is 11.1. The Morgan fingerprint density at radius 2 is 0.914 bits per heavy atom. The first-order valence-electron chi connectivity index (χ1n) is 20.4. The van der Waals surface area contributed by atoms with Crippen LogP contribution in [0.4, 0.5) is 17.1 Å². The molecule has 0 spiro atoms. The highest BCUT2D eigenvalue weighted by molar-refractivity contribution is 7.91. The average molecular weight is 784 g/mol. The van der Waals surface area contributed by atoms with Crippen molar-refractivity contribution in [3.05, 3.63) is 210 Å². The Morgan fingerprint density at radius 1 is 0.483 bits per heavy atom. The summed E-state index contributed by atoms with van der Waals surface area (Å²) in [4.78, 5) is 2.72. The summed E-state index contributed by atoms with van der Waals surface area (Å²) in [6.45, 7) is 3.47. The van der Waals surface area contributed by atoms with Crippen molar-refractivity contribution in [2.24, 2.45) is 0 Å². The van der Waals surface area contributed by atoms with Crippen LogP contribution in [0, 0.1) is 0 Å². The first-order chi connectivity index (χ1) is 28.5. The molecule has 58 heavy (non-hydrogen) atoms. The second kappa shape index (κ2) is 17.6. The zero-order chi connectivity index (χ0) is 39.8. The van der Waals surface area contributed by atoms with Gasteiger partial charge in [-0.25, -0.2) is 8.42 Å². The van der Waals surface area contributed by atoms with Gasteiger partial charge in [0.05, 0.1) is 39.8 Å². The van der Waals surface area contributed by atoms with Gasteiger partial charge in [-0.1, -0.05) is 123 Å². The SMILES string of the molecule is CCCc1ccc(OCCCCCCOc2ccc(S(=O)(=O)c3ccc(N4c5ccccc5C(c5ccccc5)(c5ccccc5)c5ccccc54)cc3)cc2)cc1. The fourth-order valence-corrected chi connectivity index (χ4v) is 9.55. The van der Waals surface area contributed by atoms with Crippen LogP contribution in [0.1, 0.15) is 66.8 Å². The second-order valence-electron chi connectivity index (χ2n) is 14.8. The van der Waals surface area contributed by atoms with Crippen molar-refractivity contribution < 1.29 is 17.9 Å². The molecular formula is C52H49NO4S. The van der Waals surface area contributed by atoms with Gasteiger partial charge >= 0.3 is 0 Å². The monoisotopic (exact) mass is 783 g/mol. The van der Waals surface area contributed by atoms with Gasteiger partial charge in [-0.2, -0.15) is 0 Å². The fourth-order valence-electron chi connectivity index (χ4n) is 8.29. The van der Waals surface area contributed by atoms with E-state index >= 15 is 0 Å². The van der Waals surface area contributed by atoms with Crippen molar-refractivity contribution in [3.63, 3.8) is 0 Å². The van der Waals surface area contributed by atoms with E-state index in [1.54, 1.807) is 36.4 Å². The lowest BCUT2D eigenvalue weighted by Crippen LogP contribution is -2.37. The van der Waals surface area contributed by atoms with E-state index in [-0.39, 0.29) is 9.79 Å². The number of unbranched alkanes of at least 4 members (excludes halogenated alkanes) is 3. The minimum Gasteiger partial charge on any atom is -0.494 e. The van der Waals surface area contributed by atoms with Crippen molar-refractivity contribution in [2.45, 2.75) is 60.7 Å². The van der Waals surface area contributed by atoms with Crippen LogP contribution in [0.2, 0.25) is 0 Å². The lowest BCUT2D eigenvalue weighted by atomic mass is 9.62. The van der Waals surface area contributed by atoms with Gasteiger partial charge in [-0.3, -0.25) is 0 Å². The van der Waals surface area contributed by atoms with Gasteiger partial charge in [0.25, 0.3) is 0 Å². The fraction of sp³-hybridized carbons (Fsp3) is 0.192. The lowest BCUT2D eigenvalue weighted by molar-refractivity contribution is 0.287. The maximum atomic E-state index is 13.9. The van der Waals surface area contributed by atoms with Crippen LogP contribution in [0.5, 0.6) is 11.5 Å². The molecule has 0 saturated carbocycles. The van der Waals surface area contributed by atoms with Crippen LogP contribution in [0.25, 0.3) is 0 Å². The molecule has 6 heteroatoms. The summed E-state index contributed by atoms with van der Waals surface area (Å²) in [5.41, 5.74) is 8.40. The normalized spacial score (nSPS) is 13.0. The van der Waals surface area contributed by atoms with Gasteiger partial charge in [0.1, 0.15) is 11.5 Å². The van der Waals surface area contributed by atoms with Gasteiger partial charge in [0.2, 0.25) is 9.84 Å². The van der Waals surface area contributed by atoms with Crippen LogP contribution in [0.15, 0.2) is 192 Å². The summed E-state index contributed by atoms with van der Waals surface area (Å²) in [5, 5.41) is 0. The number of para-hydroxylation sites is 2. The molecule has 0 amide bonds. The molecule has 0 N–H and O–H groups in total. The van der Waals surface area contributed by atoms with Crippen LogP contribution >= 0.6 is 0 Å². The number of rotatable bonds is 16. The topological polar surface area (TPSA) is 55.8 Å². The van der Waals surface area contributed by atoms with Crippen molar-refractivity contribution in [3.8, 4) is 11.5 Å². The first-order valence-corrected chi connectivity index (χ1v) is 21.9. The highest BCUT2D eigenvalue weighted by Gasteiger charge is 2.46. The molecule has 0 atom stereocenters. The number of fused-ring (bicyclic) bond motifs is 2. The predicted octanol–water partition coefficient (Wildman–Crippen LogP) is 12.7. The quantitative estimate of drug-likeness (QED) is 0.0914. The highest BCUT2D eigenvalue weighted by atomic mass is 32.2. The summed E-state index contributed by atoms with van der Waals surface area (Å²) < 4.78 is 39.6. The van der Waals surface area contributed by atoms with Gasteiger partial charge in [-0.15, -0.1) is 0 Å². The summed E-state index contributed by atoms with van der Waals surface area (Å²) in [6, 6.07) is 60.9. The molecule has 7 aromatic rings. The highest BCUT2D eigenvalue weighted by Crippen LogP contribution is 2.57. The molecule has 0 radical (unpaired) electrons. The Bertz CT molecular complexity index is 2430. The van der Waals surface area contributed by atoms with Crippen molar-refractivity contribution in [2.75, 3.05) is 18.1 Å². The summed E-state index contributed by atoms with van der Waals surface area (Å²) in [7, 11) is -3.76. The van der Waals surface area contributed by atoms with E-state index in [2.05, 4.69) is 145 Å². The average Bonchev–Trinajstić information content (AvgIpc) is 3.28. The minimum absolute atomic E-state index is 0.233. The van der Waals surface area contributed by atoms with E-state index in [1.165, 1.54) is 16.7 Å². The number of hydrogen-bond donors (Lipinski definition) is 0. The summed E-state index contributed by atoms with van der Waals surface area (Å²) in [6.07, 6.45) is 6.26. The van der Waals surface area contributed by atoms with Crippen LogP contribution in [-0.2, 0) is 21.7 Å². The molecule has 0 aliphatic carbocycles. The van der Waals surface area contributed by atoms with Crippen molar-refractivity contribution in [1.29, 1.82) is 0 Å². The second-order valence-corrected chi connectivity index (χ2v) is 16.8. The predicted molar refractivity (Wildman–Crippen MR) is 235 cm³/mol. The number of benzene rings is 7. The van der Waals surface area contributed by atoms with E-state index in [0.29, 0.717) is 19.0 Å². The Balaban J connectivity index is 0.943. The van der Waals surface area contributed by atoms with Crippen molar-refractivity contribution in [1.82, 2.24) is 0 Å². The Morgan fingerprint density at radius 3 is 1.40 bits per heavy atom.